The second-order valence-electron chi connectivity index (χ2n) is 12.4. The summed E-state index contributed by atoms with van der Waals surface area (Å²) < 4.78 is 16.4. The fraction of sp³-hybridized carbons (Fsp3) is 0.389. The number of nitrogens with zero attached hydrogens (tertiary/aromatic N) is 5. The Kier molecular flexibility index (Phi) is 10.6. The highest BCUT2D eigenvalue weighted by atomic mass is 32.2. The Bertz CT molecular complexity index is 1880. The van der Waals surface area contributed by atoms with E-state index in [1.165, 1.54) is 20.5 Å². The lowest BCUT2D eigenvalue weighted by atomic mass is 10.1. The van der Waals surface area contributed by atoms with E-state index >= 15 is 0 Å². The van der Waals surface area contributed by atoms with Gasteiger partial charge in [-0.25, -0.2) is 4.98 Å². The van der Waals surface area contributed by atoms with E-state index in [1.807, 2.05) is 24.0 Å². The summed E-state index contributed by atoms with van der Waals surface area (Å²) in [6, 6.07) is 13.4. The molecule has 6 rings (SSSR count). The first-order valence-corrected chi connectivity index (χ1v) is 17.5. The van der Waals surface area contributed by atoms with E-state index < -0.39 is 12.0 Å². The maximum atomic E-state index is 13.9. The highest BCUT2D eigenvalue weighted by molar-refractivity contribution is 8.14. The van der Waals surface area contributed by atoms with Crippen molar-refractivity contribution in [1.82, 2.24) is 19.8 Å². The van der Waals surface area contributed by atoms with Crippen molar-refractivity contribution < 1.29 is 33.1 Å². The highest BCUT2D eigenvalue weighted by Gasteiger charge is 2.37. The summed E-state index contributed by atoms with van der Waals surface area (Å²) in [5.41, 5.74) is 2.19. The molecule has 3 amide bonds. The molecule has 0 aliphatic carbocycles. The normalized spacial score (nSPS) is 16.7. The molecule has 2 saturated heterocycles. The highest BCUT2D eigenvalue weighted by Crippen LogP contribution is 2.36. The Balaban J connectivity index is 1.19. The van der Waals surface area contributed by atoms with E-state index in [1.54, 1.807) is 53.1 Å². The van der Waals surface area contributed by atoms with Crippen molar-refractivity contribution in [2.24, 2.45) is 5.92 Å². The Hall–Kier alpha value is -5.11. The van der Waals surface area contributed by atoms with Crippen LogP contribution < -0.4 is 19.7 Å². The van der Waals surface area contributed by atoms with E-state index in [9.17, 15) is 19.2 Å². The van der Waals surface area contributed by atoms with Gasteiger partial charge in [0, 0.05) is 61.4 Å². The SMILES string of the molecule is COc1cc2nc(N3CCN(C(=O)c4ccco4)CC3)nc(NC(=O)[C@@H]3CCCN3C(=O)C(C)CSC(=O)c3ccc(C)cc3)c2cc1OC. The molecule has 14 heteroatoms. The number of aryl methyl sites for hydroxylation is 1. The van der Waals surface area contributed by atoms with Crippen LogP contribution >= 0.6 is 11.8 Å². The van der Waals surface area contributed by atoms with E-state index in [-0.39, 0.29) is 34.4 Å². The molecule has 262 valence electrons. The summed E-state index contributed by atoms with van der Waals surface area (Å²) >= 11 is 1.11. The number of hydrogen-bond acceptors (Lipinski definition) is 11. The van der Waals surface area contributed by atoms with Gasteiger partial charge in [0.05, 0.1) is 26.0 Å². The van der Waals surface area contributed by atoms with Crippen LogP contribution in [0.3, 0.4) is 0 Å². The number of piperazine rings is 1. The van der Waals surface area contributed by atoms with E-state index in [0.29, 0.717) is 85.2 Å². The second-order valence-corrected chi connectivity index (χ2v) is 13.4. The van der Waals surface area contributed by atoms with Crippen molar-refractivity contribution in [3.8, 4) is 11.5 Å². The molecule has 2 aromatic heterocycles. The van der Waals surface area contributed by atoms with Gasteiger partial charge in [-0.1, -0.05) is 48.5 Å². The minimum absolute atomic E-state index is 0.0931. The molecule has 50 heavy (non-hydrogen) atoms. The molecule has 0 saturated carbocycles. The van der Waals surface area contributed by atoms with Gasteiger partial charge in [-0.2, -0.15) is 4.98 Å². The number of thioether (sulfide) groups is 1. The molecular formula is C36H40N6O7S. The molecule has 4 heterocycles. The third-order valence-corrected chi connectivity index (χ3v) is 10.2. The number of amides is 3. The van der Waals surface area contributed by atoms with E-state index in [4.69, 9.17) is 23.9 Å². The summed E-state index contributed by atoms with van der Waals surface area (Å²) in [7, 11) is 3.06. The van der Waals surface area contributed by atoms with Gasteiger partial charge in [-0.3, -0.25) is 19.2 Å². The third-order valence-electron chi connectivity index (χ3n) is 9.02. The van der Waals surface area contributed by atoms with Gasteiger partial charge in [0.25, 0.3) is 5.91 Å². The van der Waals surface area contributed by atoms with Crippen LogP contribution in [0.5, 0.6) is 11.5 Å². The largest absolute Gasteiger partial charge is 0.493 e. The number of nitrogens with one attached hydrogen (secondary N) is 1. The number of furan rings is 1. The van der Waals surface area contributed by atoms with Gasteiger partial charge in [0.1, 0.15) is 11.9 Å². The topological polar surface area (TPSA) is 147 Å². The first-order valence-electron chi connectivity index (χ1n) is 16.5. The molecule has 1 unspecified atom stereocenters. The Morgan fingerprint density at radius 1 is 0.980 bits per heavy atom. The van der Waals surface area contributed by atoms with Crippen LogP contribution in [0.2, 0.25) is 0 Å². The molecule has 2 aliphatic rings. The summed E-state index contributed by atoms with van der Waals surface area (Å²) in [4.78, 5) is 68.0. The lowest BCUT2D eigenvalue weighted by Gasteiger charge is -2.34. The number of methoxy groups -OCH3 is 2. The molecule has 2 fully saturated rings. The molecule has 1 N–H and O–H groups in total. The maximum Gasteiger partial charge on any atom is 0.289 e. The van der Waals surface area contributed by atoms with Crippen molar-refractivity contribution in [3.05, 3.63) is 71.7 Å². The monoisotopic (exact) mass is 700 g/mol. The smallest absolute Gasteiger partial charge is 0.289 e. The fourth-order valence-electron chi connectivity index (χ4n) is 6.18. The average molecular weight is 701 g/mol. The summed E-state index contributed by atoms with van der Waals surface area (Å²) in [6.07, 6.45) is 2.65. The summed E-state index contributed by atoms with van der Waals surface area (Å²) in [6.45, 7) is 5.98. The molecule has 2 atom stereocenters. The number of benzene rings is 2. The standard InChI is InChI=1S/C36H40N6O7S/c1-22-9-11-24(12-10-22)35(46)50-21-23(2)33(44)42-13-5-7-27(42)32(43)38-31-25-19-29(47-3)30(48-4)20-26(25)37-36(39-31)41-16-14-40(15-17-41)34(45)28-8-6-18-49-28/h6,8-12,18-20,23,27H,5,7,13-17,21H2,1-4H3,(H,37,38,39,43)/t23?,27-/m0/s1. The number of likely N-dealkylation sites (tertiary alicyclic amines) is 1. The van der Waals surface area contributed by atoms with Gasteiger partial charge in [-0.05, 0) is 38.0 Å². The zero-order valence-electron chi connectivity index (χ0n) is 28.5. The quantitative estimate of drug-likeness (QED) is 0.247. The number of fused-ring (bicyclic) bond motifs is 1. The minimum Gasteiger partial charge on any atom is -0.493 e. The van der Waals surface area contributed by atoms with Crippen molar-refractivity contribution in [1.29, 1.82) is 0 Å². The molecule has 0 spiro atoms. The average Bonchev–Trinajstić information content (AvgIpc) is 3.86. The van der Waals surface area contributed by atoms with Crippen LogP contribution in [0, 0.1) is 12.8 Å². The predicted molar refractivity (Wildman–Crippen MR) is 190 cm³/mol. The van der Waals surface area contributed by atoms with E-state index in [2.05, 4.69) is 5.32 Å². The van der Waals surface area contributed by atoms with Gasteiger partial charge >= 0.3 is 0 Å². The van der Waals surface area contributed by atoms with Crippen molar-refractivity contribution >= 4 is 57.3 Å². The molecule has 0 bridgehead atoms. The maximum absolute atomic E-state index is 13.9. The predicted octanol–water partition coefficient (Wildman–Crippen LogP) is 4.65. The van der Waals surface area contributed by atoms with Crippen molar-refractivity contribution in [2.75, 3.05) is 62.9 Å². The number of hydrogen-bond donors (Lipinski definition) is 1. The van der Waals surface area contributed by atoms with Gasteiger partial charge in [0.15, 0.2) is 17.3 Å². The second kappa shape index (κ2) is 15.2. The van der Waals surface area contributed by atoms with Crippen LogP contribution in [-0.4, -0.2) is 101 Å². The number of aromatic nitrogens is 2. The van der Waals surface area contributed by atoms with Gasteiger partial charge in [-0.15, -0.1) is 0 Å². The van der Waals surface area contributed by atoms with Crippen LogP contribution in [0.15, 0.2) is 59.2 Å². The Morgan fingerprint density at radius 3 is 2.38 bits per heavy atom. The van der Waals surface area contributed by atoms with Crippen LogP contribution in [0.25, 0.3) is 10.9 Å². The number of ether oxygens (including phenoxy) is 2. The number of carbonyl (C=O) groups excluding carboxylic acids is 4. The van der Waals surface area contributed by atoms with Crippen LogP contribution in [0.4, 0.5) is 11.8 Å². The molecule has 2 aromatic carbocycles. The first-order chi connectivity index (χ1) is 24.2. The zero-order valence-corrected chi connectivity index (χ0v) is 29.3. The first kappa shape index (κ1) is 34.7. The Labute approximate surface area is 294 Å². The molecule has 13 nitrogen and oxygen atoms in total. The number of rotatable bonds is 10. The number of anilines is 2. The van der Waals surface area contributed by atoms with Gasteiger partial charge in [0.2, 0.25) is 22.9 Å². The van der Waals surface area contributed by atoms with Crippen molar-refractivity contribution in [3.63, 3.8) is 0 Å². The van der Waals surface area contributed by atoms with Crippen molar-refractivity contribution in [2.45, 2.75) is 32.7 Å². The molecule has 4 aromatic rings. The molecule has 0 radical (unpaired) electrons. The van der Waals surface area contributed by atoms with Crippen LogP contribution in [0.1, 0.15) is 46.2 Å². The fourth-order valence-corrected chi connectivity index (χ4v) is 7.02. The Morgan fingerprint density at radius 2 is 1.70 bits per heavy atom. The summed E-state index contributed by atoms with van der Waals surface area (Å²) in [5, 5.41) is 3.45. The lowest BCUT2D eigenvalue weighted by Crippen LogP contribution is -2.49. The van der Waals surface area contributed by atoms with Crippen LogP contribution in [-0.2, 0) is 9.59 Å². The van der Waals surface area contributed by atoms with Gasteiger partial charge < -0.3 is 33.9 Å². The number of carbonyl (C=O) groups is 4. The zero-order chi connectivity index (χ0) is 35.4. The van der Waals surface area contributed by atoms with E-state index in [0.717, 1.165) is 17.3 Å². The minimum atomic E-state index is -0.701. The molecule has 2 aliphatic heterocycles. The third kappa shape index (κ3) is 7.39. The lowest BCUT2D eigenvalue weighted by molar-refractivity contribution is -0.139. The summed E-state index contributed by atoms with van der Waals surface area (Å²) in [5.74, 6) is 0.981. The molecular weight excluding hydrogens is 660 g/mol.